The number of fused-ring (bicyclic) bond motifs is 2. The lowest BCUT2D eigenvalue weighted by atomic mass is 10.0. The van der Waals surface area contributed by atoms with Gasteiger partial charge in [-0.1, -0.05) is 30.9 Å². The van der Waals surface area contributed by atoms with Gasteiger partial charge in [0.25, 0.3) is 0 Å². The molecule has 0 bridgehead atoms. The third kappa shape index (κ3) is 8.24. The highest BCUT2D eigenvalue weighted by Crippen LogP contribution is 2.37. The van der Waals surface area contributed by atoms with Gasteiger partial charge in [-0.15, -0.1) is 6.58 Å². The quantitative estimate of drug-likeness (QED) is 0.0829. The predicted octanol–water partition coefficient (Wildman–Crippen LogP) is 10.3. The maximum atomic E-state index is 13.8. The maximum absolute atomic E-state index is 13.8. The van der Waals surface area contributed by atoms with Crippen LogP contribution in [0.15, 0.2) is 95.2 Å². The largest absolute Gasteiger partial charge is 0.534 e. The molecule has 0 radical (unpaired) electrons. The van der Waals surface area contributed by atoms with E-state index in [2.05, 4.69) is 64.2 Å². The number of aromatic amines is 1. The van der Waals surface area contributed by atoms with Crippen molar-refractivity contribution in [2.75, 3.05) is 0 Å². The first-order chi connectivity index (χ1) is 22.2. The highest BCUT2D eigenvalue weighted by molar-refractivity contribution is 9.10. The summed E-state index contributed by atoms with van der Waals surface area (Å²) in [6.45, 7) is 9.03. The van der Waals surface area contributed by atoms with Crippen molar-refractivity contribution in [3.05, 3.63) is 129 Å². The van der Waals surface area contributed by atoms with Crippen LogP contribution in [-0.2, 0) is 16.5 Å². The Hall–Kier alpha value is -4.14. The second-order valence-electron chi connectivity index (χ2n) is 9.73. The molecule has 0 saturated heterocycles. The Morgan fingerprint density at radius 1 is 0.936 bits per heavy atom. The maximum Gasteiger partial charge on any atom is 0.534 e. The fourth-order valence-corrected chi connectivity index (χ4v) is 5.57. The number of benzene rings is 2. The van der Waals surface area contributed by atoms with Crippen molar-refractivity contribution in [3.63, 3.8) is 0 Å². The number of aromatic nitrogens is 3. The minimum Gasteiger partial charge on any atom is -0.355 e. The zero-order valence-electron chi connectivity index (χ0n) is 24.4. The zero-order chi connectivity index (χ0) is 34.5. The average molecular weight is 797 g/mol. The average Bonchev–Trinajstić information content (AvgIpc) is 3.65. The molecule has 5 aromatic rings. The van der Waals surface area contributed by atoms with Crippen LogP contribution in [0.1, 0.15) is 29.3 Å². The Balaban J connectivity index is 0.000000202. The second-order valence-corrected chi connectivity index (χ2v) is 13.1. The van der Waals surface area contributed by atoms with Crippen molar-refractivity contribution in [1.29, 1.82) is 0 Å². The topological polar surface area (TPSA) is 84.9 Å². The van der Waals surface area contributed by atoms with E-state index >= 15 is 0 Å². The zero-order valence-corrected chi connectivity index (χ0v) is 28.4. The van der Waals surface area contributed by atoms with Crippen LogP contribution in [0.5, 0.6) is 5.88 Å². The molecule has 0 amide bonds. The number of allylic oxidation sites excluding steroid dienone is 2. The molecule has 0 aliphatic heterocycles. The van der Waals surface area contributed by atoms with Crippen molar-refractivity contribution < 1.29 is 34.6 Å². The highest BCUT2D eigenvalue weighted by atomic mass is 79.9. The summed E-state index contributed by atoms with van der Waals surface area (Å²) in [6, 6.07) is 14.0. The van der Waals surface area contributed by atoms with Crippen molar-refractivity contribution in [2.24, 2.45) is 0 Å². The number of nitrogens with one attached hydrogen (secondary N) is 1. The predicted molar refractivity (Wildman–Crippen MR) is 181 cm³/mol. The van der Waals surface area contributed by atoms with Gasteiger partial charge >= 0.3 is 15.6 Å². The molecule has 0 saturated carbocycles. The summed E-state index contributed by atoms with van der Waals surface area (Å²) in [4.78, 5) is 10.7. The molecule has 47 heavy (non-hydrogen) atoms. The van der Waals surface area contributed by atoms with Crippen molar-refractivity contribution in [2.45, 2.75) is 18.9 Å². The van der Waals surface area contributed by atoms with Gasteiger partial charge in [-0.05, 0) is 105 Å². The number of alkyl halides is 3. The molecule has 0 unspecified atom stereocenters. The lowest BCUT2D eigenvalue weighted by Crippen LogP contribution is -2.28. The van der Waals surface area contributed by atoms with Crippen LogP contribution >= 0.6 is 31.9 Å². The molecular weight excluding hydrogens is 773 g/mol. The van der Waals surface area contributed by atoms with E-state index in [1.54, 1.807) is 30.5 Å². The minimum absolute atomic E-state index is 0.0854. The monoisotopic (exact) mass is 795 g/mol. The number of hydrogen-bond acceptors (Lipinski definition) is 5. The Bertz CT molecular complexity index is 2110. The molecule has 244 valence electrons. The number of halogens is 7. The Kier molecular flexibility index (Phi) is 11.2. The van der Waals surface area contributed by atoms with E-state index in [0.717, 1.165) is 39.5 Å². The second kappa shape index (κ2) is 14.7. The highest BCUT2D eigenvalue weighted by Gasteiger charge is 2.49. The molecule has 2 aromatic carbocycles. The molecule has 1 aliphatic carbocycles. The normalized spacial score (nSPS) is 12.2. The Morgan fingerprint density at radius 3 is 2.17 bits per heavy atom. The lowest BCUT2D eigenvalue weighted by Gasteiger charge is -2.11. The molecule has 0 atom stereocenters. The molecule has 0 spiro atoms. The number of rotatable bonds is 5. The molecule has 1 N–H and O–H groups in total. The fourth-order valence-electron chi connectivity index (χ4n) is 4.47. The molecule has 1 aliphatic rings. The summed E-state index contributed by atoms with van der Waals surface area (Å²) in [5.74, 6) is -1.50. The van der Waals surface area contributed by atoms with Gasteiger partial charge in [-0.25, -0.2) is 13.8 Å². The smallest absolute Gasteiger partial charge is 0.355 e. The first-order valence-corrected chi connectivity index (χ1v) is 16.5. The van der Waals surface area contributed by atoms with E-state index in [4.69, 9.17) is 0 Å². The molecule has 6 rings (SSSR count). The molecule has 14 heteroatoms. The number of H-pyrrole nitrogens is 1. The summed E-state index contributed by atoms with van der Waals surface area (Å²) >= 11 is 6.52. The van der Waals surface area contributed by atoms with Crippen molar-refractivity contribution >= 4 is 70.6 Å². The molecule has 3 heterocycles. The summed E-state index contributed by atoms with van der Waals surface area (Å²) in [7, 11) is -5.90. The van der Waals surface area contributed by atoms with Crippen LogP contribution in [0.3, 0.4) is 0 Å². The SMILES string of the molecule is C=CC.C=Cc1ncc(Br)cc1C1=Cc2c(F)cccc2C1.O=S(=O)(Oc1ncc(Br)cc1-c1cc2c(F)cccc2[nH]1)C(F)(F)F. The van der Waals surface area contributed by atoms with E-state index < -0.39 is 27.3 Å². The van der Waals surface area contributed by atoms with Crippen LogP contribution in [-0.4, -0.2) is 28.9 Å². The van der Waals surface area contributed by atoms with Crippen LogP contribution in [0.25, 0.3) is 39.9 Å². The molecule has 3 aromatic heterocycles. The van der Waals surface area contributed by atoms with Crippen molar-refractivity contribution in [1.82, 2.24) is 15.0 Å². The van der Waals surface area contributed by atoms with E-state index in [0.29, 0.717) is 15.6 Å². The van der Waals surface area contributed by atoms with Gasteiger partial charge < -0.3 is 9.17 Å². The van der Waals surface area contributed by atoms with E-state index in [9.17, 15) is 30.4 Å². The van der Waals surface area contributed by atoms with Gasteiger partial charge in [0.1, 0.15) is 11.6 Å². The lowest BCUT2D eigenvalue weighted by molar-refractivity contribution is -0.0501. The van der Waals surface area contributed by atoms with Gasteiger partial charge in [-0.2, -0.15) is 21.6 Å². The summed E-state index contributed by atoms with van der Waals surface area (Å²) in [5.41, 5.74) is -0.575. The third-order valence-electron chi connectivity index (χ3n) is 6.46. The number of hydrogen-bond donors (Lipinski definition) is 1. The molecule has 6 nitrogen and oxygen atoms in total. The van der Waals surface area contributed by atoms with Crippen molar-refractivity contribution in [3.8, 4) is 17.1 Å². The van der Waals surface area contributed by atoms with Gasteiger partial charge in [-0.3, -0.25) is 4.98 Å². The van der Waals surface area contributed by atoms with Gasteiger partial charge in [0.15, 0.2) is 0 Å². The van der Waals surface area contributed by atoms with Crippen LogP contribution in [0, 0.1) is 11.6 Å². The third-order valence-corrected chi connectivity index (χ3v) is 8.27. The summed E-state index contributed by atoms with van der Waals surface area (Å²) in [6.07, 6.45) is 8.92. The fraction of sp³-hybridized carbons (Fsp3) is 0.0909. The van der Waals surface area contributed by atoms with Crippen LogP contribution < -0.4 is 4.18 Å². The number of nitrogens with zero attached hydrogens (tertiary/aromatic N) is 2. The summed E-state index contributed by atoms with van der Waals surface area (Å²) in [5, 5.41) is 0.183. The van der Waals surface area contributed by atoms with E-state index in [-0.39, 0.29) is 22.5 Å². The van der Waals surface area contributed by atoms with Gasteiger partial charge in [0.2, 0.25) is 5.88 Å². The van der Waals surface area contributed by atoms with Gasteiger partial charge in [0.05, 0.1) is 17.0 Å². The standard InChI is InChI=1S/C16H11BrFN.C14H7BrF4N2O3S.C3H6/c1-2-16-14(8-12(17)9-19-16)11-6-10-4-3-5-15(18)13(10)7-11;15-7-4-9(12-5-8-10(16)2-1-3-11(8)21-12)13(20-6-7)24-25(22,23)14(17,18)19;1-3-2/h2-5,7-9H,1,6H2;1-6,21H;3H,1H2,2H3. The number of pyridine rings is 2. The van der Waals surface area contributed by atoms with Gasteiger partial charge in [0, 0.05) is 43.4 Å². The molecule has 0 fully saturated rings. The van der Waals surface area contributed by atoms with E-state index in [1.807, 2.05) is 25.1 Å². The first-order valence-electron chi connectivity index (χ1n) is 13.5. The molecular formula is C33H24Br2F5N3O3S. The van der Waals surface area contributed by atoms with Crippen LogP contribution in [0.2, 0.25) is 0 Å². The van der Waals surface area contributed by atoms with Crippen LogP contribution in [0.4, 0.5) is 22.0 Å². The Labute approximate surface area is 284 Å². The minimum atomic E-state index is -5.90. The Morgan fingerprint density at radius 2 is 1.55 bits per heavy atom. The van der Waals surface area contributed by atoms with E-state index in [1.165, 1.54) is 30.3 Å². The first kappa shape index (κ1) is 35.7. The summed E-state index contributed by atoms with van der Waals surface area (Å²) < 4.78 is 93.1.